The minimum atomic E-state index is -1.44. The molecule has 0 radical (unpaired) electrons. The zero-order chi connectivity index (χ0) is 19.9. The lowest BCUT2D eigenvalue weighted by molar-refractivity contribution is -0.199. The van der Waals surface area contributed by atoms with E-state index in [-0.39, 0.29) is 11.0 Å². The van der Waals surface area contributed by atoms with Crippen LogP contribution in [0.15, 0.2) is 0 Å². The van der Waals surface area contributed by atoms with Crippen LogP contribution in [0.4, 0.5) is 0 Å². The first kappa shape index (κ1) is 20.7. The fraction of sp³-hybridized carbons (Fsp3) is 0.778. The highest BCUT2D eigenvalue weighted by molar-refractivity contribution is 8.13. The molecule has 2 fully saturated rings. The quantitative estimate of drug-likeness (QED) is 0.577. The largest absolute Gasteiger partial charge is 0.479 e. The number of carboxylic acids is 1. The van der Waals surface area contributed by atoms with Crippen molar-refractivity contribution in [3.05, 3.63) is 0 Å². The van der Waals surface area contributed by atoms with E-state index in [2.05, 4.69) is 0 Å². The number of rotatable bonds is 5. The number of fused-ring (bicyclic) bond motifs is 1. The molecule has 1 N–H and O–H groups in total. The molecule has 2 amide bonds. The van der Waals surface area contributed by atoms with Crippen molar-refractivity contribution in [2.24, 2.45) is 10.8 Å². The van der Waals surface area contributed by atoms with Crippen molar-refractivity contribution >= 4 is 34.7 Å². The van der Waals surface area contributed by atoms with Crippen molar-refractivity contribution < 1.29 is 24.3 Å². The second kappa shape index (κ2) is 6.87. The molecule has 2 heterocycles. The Kier molecular flexibility index (Phi) is 5.48. The second-order valence-corrected chi connectivity index (χ2v) is 9.61. The average Bonchev–Trinajstić information content (AvgIpc) is 2.72. The lowest BCUT2D eigenvalue weighted by Crippen LogP contribution is -2.69. The first-order valence-electron chi connectivity index (χ1n) is 8.93. The van der Waals surface area contributed by atoms with Crippen LogP contribution in [-0.2, 0) is 19.2 Å². The number of nitrogens with zero attached hydrogens (tertiary/aromatic N) is 2. The van der Waals surface area contributed by atoms with Gasteiger partial charge in [-0.05, 0) is 38.0 Å². The van der Waals surface area contributed by atoms with Gasteiger partial charge in [0.2, 0.25) is 0 Å². The Bertz CT molecular complexity index is 644. The normalized spacial score (nSPS) is 29.1. The van der Waals surface area contributed by atoms with E-state index in [9.17, 15) is 24.3 Å². The molecule has 2 aliphatic rings. The summed E-state index contributed by atoms with van der Waals surface area (Å²) in [5.41, 5.74) is -3.44. The predicted molar refractivity (Wildman–Crippen MR) is 98.1 cm³/mol. The van der Waals surface area contributed by atoms with Crippen molar-refractivity contribution in [2.75, 3.05) is 12.3 Å². The van der Waals surface area contributed by atoms with Crippen LogP contribution in [0.25, 0.3) is 0 Å². The molecule has 0 aromatic heterocycles. The van der Waals surface area contributed by atoms with Gasteiger partial charge in [0.15, 0.2) is 10.7 Å². The Morgan fingerprint density at radius 3 is 2.35 bits per heavy atom. The van der Waals surface area contributed by atoms with Gasteiger partial charge >= 0.3 is 5.97 Å². The molecule has 146 valence electrons. The number of hydrazine groups is 1. The van der Waals surface area contributed by atoms with E-state index in [1.54, 1.807) is 27.7 Å². The topological polar surface area (TPSA) is 95.0 Å². The summed E-state index contributed by atoms with van der Waals surface area (Å²) in [6.07, 6.45) is 1.69. The third kappa shape index (κ3) is 3.02. The van der Waals surface area contributed by atoms with Gasteiger partial charge in [-0.2, -0.15) is 0 Å². The third-order valence-electron chi connectivity index (χ3n) is 5.60. The number of carboxylic acid groups (broad SMARTS) is 1. The minimum absolute atomic E-state index is 0.00183. The van der Waals surface area contributed by atoms with Crippen LogP contribution in [0.5, 0.6) is 0 Å². The molecule has 2 unspecified atom stereocenters. The van der Waals surface area contributed by atoms with E-state index < -0.39 is 28.2 Å². The number of hydrogen-bond acceptors (Lipinski definition) is 5. The molecular formula is C18H28N2O5S. The van der Waals surface area contributed by atoms with Crippen molar-refractivity contribution in [1.82, 2.24) is 10.0 Å². The van der Waals surface area contributed by atoms with Gasteiger partial charge in [0, 0.05) is 19.2 Å². The monoisotopic (exact) mass is 384 g/mol. The molecule has 0 aliphatic carbocycles. The molecule has 0 aromatic rings. The van der Waals surface area contributed by atoms with E-state index in [0.717, 1.165) is 0 Å². The van der Waals surface area contributed by atoms with Crippen LogP contribution < -0.4 is 0 Å². The minimum Gasteiger partial charge on any atom is -0.479 e. The van der Waals surface area contributed by atoms with Crippen molar-refractivity contribution in [1.29, 1.82) is 0 Å². The summed E-state index contributed by atoms with van der Waals surface area (Å²) in [5.74, 6) is -1.31. The highest BCUT2D eigenvalue weighted by Gasteiger charge is 2.67. The number of hydrogen-bond donors (Lipinski definition) is 1. The Hall–Kier alpha value is -1.57. The molecule has 8 heteroatoms. The van der Waals surface area contributed by atoms with Crippen LogP contribution in [-0.4, -0.2) is 55.9 Å². The highest BCUT2D eigenvalue weighted by Crippen LogP contribution is 2.50. The van der Waals surface area contributed by atoms with Gasteiger partial charge < -0.3 is 5.11 Å². The summed E-state index contributed by atoms with van der Waals surface area (Å²) in [6.45, 7) is 8.82. The zero-order valence-corrected chi connectivity index (χ0v) is 16.9. The summed E-state index contributed by atoms with van der Waals surface area (Å²) in [6, 6.07) is 0. The summed E-state index contributed by atoms with van der Waals surface area (Å²) in [5, 5.41) is 12.6. The van der Waals surface area contributed by atoms with Gasteiger partial charge in [-0.25, -0.2) is 14.8 Å². The molecule has 2 rings (SSSR count). The highest BCUT2D eigenvalue weighted by atomic mass is 32.2. The number of aliphatic carboxylic acids is 1. The van der Waals surface area contributed by atoms with Crippen LogP contribution in [0.1, 0.15) is 60.3 Å². The average molecular weight is 384 g/mol. The van der Waals surface area contributed by atoms with Crippen LogP contribution in [0.3, 0.4) is 0 Å². The van der Waals surface area contributed by atoms with E-state index in [4.69, 9.17) is 0 Å². The third-order valence-corrected chi connectivity index (χ3v) is 6.50. The molecular weight excluding hydrogens is 356 g/mol. The van der Waals surface area contributed by atoms with E-state index >= 15 is 0 Å². The summed E-state index contributed by atoms with van der Waals surface area (Å²) >= 11 is 1.17. The van der Waals surface area contributed by atoms with Crippen LogP contribution in [0, 0.1) is 10.8 Å². The van der Waals surface area contributed by atoms with Gasteiger partial charge in [0.05, 0.1) is 0 Å². The molecule has 0 bridgehead atoms. The first-order chi connectivity index (χ1) is 11.9. The van der Waals surface area contributed by atoms with Crippen molar-refractivity contribution in [3.63, 3.8) is 0 Å². The summed E-state index contributed by atoms with van der Waals surface area (Å²) in [7, 11) is 0. The molecule has 2 saturated heterocycles. The van der Waals surface area contributed by atoms with Gasteiger partial charge in [-0.3, -0.25) is 14.4 Å². The van der Waals surface area contributed by atoms with Crippen molar-refractivity contribution in [2.45, 2.75) is 65.8 Å². The summed E-state index contributed by atoms with van der Waals surface area (Å²) < 4.78 is 0. The first-order valence-corrected chi connectivity index (χ1v) is 9.91. The van der Waals surface area contributed by atoms with E-state index in [0.29, 0.717) is 38.0 Å². The number of carbonyl (C=O) groups excluding carboxylic acids is 3. The Labute approximate surface area is 158 Å². The number of thioether (sulfide) groups is 1. The summed E-state index contributed by atoms with van der Waals surface area (Å²) in [4.78, 5) is 49.7. The lowest BCUT2D eigenvalue weighted by Gasteiger charge is -2.52. The number of amides is 2. The van der Waals surface area contributed by atoms with E-state index in [1.807, 2.05) is 0 Å². The SMILES string of the molecule is CC(=O)SCCCC1(C)C(=O)N2CCCC(C(=O)O)(C(C)(C)C)N2C1=O. The Morgan fingerprint density at radius 1 is 1.23 bits per heavy atom. The lowest BCUT2D eigenvalue weighted by atomic mass is 9.69. The van der Waals surface area contributed by atoms with Gasteiger partial charge in [0.25, 0.3) is 11.8 Å². The molecule has 0 saturated carbocycles. The van der Waals surface area contributed by atoms with Crippen LogP contribution >= 0.6 is 11.8 Å². The number of carbonyl (C=O) groups is 4. The Morgan fingerprint density at radius 2 is 1.85 bits per heavy atom. The molecule has 26 heavy (non-hydrogen) atoms. The van der Waals surface area contributed by atoms with Crippen molar-refractivity contribution in [3.8, 4) is 0 Å². The predicted octanol–water partition coefficient (Wildman–Crippen LogP) is 2.30. The fourth-order valence-electron chi connectivity index (χ4n) is 4.05. The smallest absolute Gasteiger partial charge is 0.332 e. The fourth-order valence-corrected chi connectivity index (χ4v) is 4.62. The molecule has 2 aliphatic heterocycles. The van der Waals surface area contributed by atoms with Gasteiger partial charge in [-0.15, -0.1) is 0 Å². The molecule has 2 atom stereocenters. The molecule has 0 aromatic carbocycles. The van der Waals surface area contributed by atoms with Crippen LogP contribution in [0.2, 0.25) is 0 Å². The van der Waals surface area contributed by atoms with Gasteiger partial charge in [-0.1, -0.05) is 32.5 Å². The maximum Gasteiger partial charge on any atom is 0.332 e. The standard InChI is InChI=1S/C18H28N2O5S/c1-12(21)26-11-7-8-17(5)13(22)19-10-6-9-18(15(24)25,16(2,3)4)20(19)14(17)23/h6-11H2,1-5H3,(H,24,25). The maximum atomic E-state index is 13.3. The molecule has 7 nitrogen and oxygen atoms in total. The van der Waals surface area contributed by atoms with Gasteiger partial charge in [0.1, 0.15) is 5.41 Å². The maximum absolute atomic E-state index is 13.3. The van der Waals surface area contributed by atoms with E-state index in [1.165, 1.54) is 28.7 Å². The second-order valence-electron chi connectivity index (χ2n) is 8.34. The zero-order valence-electron chi connectivity index (χ0n) is 16.1. The molecule has 0 spiro atoms. The Balaban J connectivity index is 2.37.